The normalized spacial score (nSPS) is 17.8. The van der Waals surface area contributed by atoms with Gasteiger partial charge in [0.2, 0.25) is 0 Å². The summed E-state index contributed by atoms with van der Waals surface area (Å²) in [6, 6.07) is 12.5. The number of esters is 1. The Bertz CT molecular complexity index is 1690. The van der Waals surface area contributed by atoms with Gasteiger partial charge in [-0.3, -0.25) is 4.98 Å². The number of benzene rings is 1. The third kappa shape index (κ3) is 6.59. The predicted molar refractivity (Wildman–Crippen MR) is 174 cm³/mol. The number of carbonyl (C=O) groups excluding carboxylic acids is 1. The molecule has 1 atom stereocenters. The van der Waals surface area contributed by atoms with E-state index >= 15 is 0 Å². The van der Waals surface area contributed by atoms with Crippen LogP contribution in [-0.2, 0) is 25.4 Å². The second kappa shape index (κ2) is 12.5. The van der Waals surface area contributed by atoms with E-state index in [9.17, 15) is 4.79 Å². The summed E-state index contributed by atoms with van der Waals surface area (Å²) in [7, 11) is 1.39. The second-order valence-corrected chi connectivity index (χ2v) is 13.3. The lowest BCUT2D eigenvalue weighted by Crippen LogP contribution is -2.46. The molecule has 1 N–H and O–H groups in total. The molecule has 6 bridgehead atoms. The maximum Gasteiger partial charge on any atom is 0.339 e. The molecule has 3 aliphatic rings. The van der Waals surface area contributed by atoms with Gasteiger partial charge in [0.05, 0.1) is 36.2 Å². The van der Waals surface area contributed by atoms with Gasteiger partial charge in [0, 0.05) is 54.9 Å². The summed E-state index contributed by atoms with van der Waals surface area (Å²) in [5.41, 5.74) is 6.42. The first-order valence-electron chi connectivity index (χ1n) is 15.8. The zero-order valence-corrected chi connectivity index (χ0v) is 27.2. The van der Waals surface area contributed by atoms with Crippen molar-refractivity contribution in [2.75, 3.05) is 44.8 Å². The second-order valence-electron chi connectivity index (χ2n) is 13.3. The zero-order chi connectivity index (χ0) is 31.8. The molecule has 1 unspecified atom stereocenters. The van der Waals surface area contributed by atoms with Crippen LogP contribution < -0.4 is 10.2 Å². The van der Waals surface area contributed by atoms with Crippen molar-refractivity contribution in [2.45, 2.75) is 71.2 Å². The molecule has 0 amide bonds. The number of nitrogens with zero attached hydrogens (tertiary/aromatic N) is 5. The van der Waals surface area contributed by atoms with Crippen molar-refractivity contribution >= 4 is 17.4 Å². The van der Waals surface area contributed by atoms with E-state index < -0.39 is 17.7 Å². The lowest BCUT2D eigenvalue weighted by Gasteiger charge is -2.41. The Hall–Kier alpha value is -3.86. The van der Waals surface area contributed by atoms with Crippen molar-refractivity contribution in [1.29, 1.82) is 0 Å². The molecule has 0 spiro atoms. The van der Waals surface area contributed by atoms with Gasteiger partial charge >= 0.3 is 5.97 Å². The maximum atomic E-state index is 13.3. The van der Waals surface area contributed by atoms with Gasteiger partial charge in [-0.05, 0) is 83.7 Å². The van der Waals surface area contributed by atoms with Crippen LogP contribution in [0.15, 0.2) is 48.8 Å². The van der Waals surface area contributed by atoms with Crippen molar-refractivity contribution in [3.63, 3.8) is 0 Å². The van der Waals surface area contributed by atoms with Gasteiger partial charge in [-0.1, -0.05) is 18.2 Å². The number of rotatable bonds is 3. The molecule has 7 rings (SSSR count). The largest absolute Gasteiger partial charge is 0.467 e. The summed E-state index contributed by atoms with van der Waals surface area (Å²) in [6.45, 7) is 13.7. The quantitative estimate of drug-likeness (QED) is 0.308. The highest BCUT2D eigenvalue weighted by atomic mass is 16.6. The van der Waals surface area contributed by atoms with Crippen LogP contribution in [0, 0.1) is 6.92 Å². The predicted octanol–water partition coefficient (Wildman–Crippen LogP) is 5.32. The maximum absolute atomic E-state index is 13.3. The first-order chi connectivity index (χ1) is 21.5. The van der Waals surface area contributed by atoms with Crippen LogP contribution in [0.25, 0.3) is 28.0 Å². The zero-order valence-electron chi connectivity index (χ0n) is 27.2. The molecular weight excluding hydrogens is 568 g/mol. The van der Waals surface area contributed by atoms with E-state index in [-0.39, 0.29) is 5.60 Å². The van der Waals surface area contributed by atoms with Gasteiger partial charge in [0.15, 0.2) is 11.8 Å². The van der Waals surface area contributed by atoms with Gasteiger partial charge in [-0.25, -0.2) is 9.78 Å². The number of hydrogen-bond acceptors (Lipinski definition) is 9. The lowest BCUT2D eigenvalue weighted by molar-refractivity contribution is -0.164. The van der Waals surface area contributed by atoms with Gasteiger partial charge < -0.3 is 24.4 Å². The summed E-state index contributed by atoms with van der Waals surface area (Å²) in [5.74, 6) is 0.335. The minimum atomic E-state index is -0.973. The van der Waals surface area contributed by atoms with Crippen LogP contribution in [0.4, 0.5) is 5.82 Å². The minimum absolute atomic E-state index is 0.251. The highest BCUT2D eigenvalue weighted by molar-refractivity contribution is 5.81. The molecule has 0 saturated carbocycles. The first-order valence-corrected chi connectivity index (χ1v) is 15.8. The molecule has 0 aliphatic carbocycles. The van der Waals surface area contributed by atoms with Crippen LogP contribution in [0.1, 0.15) is 63.5 Å². The number of piperidine rings is 1. The smallest absolute Gasteiger partial charge is 0.339 e. The number of pyridine rings is 1. The van der Waals surface area contributed by atoms with Crippen LogP contribution in [0.2, 0.25) is 0 Å². The van der Waals surface area contributed by atoms with Crippen LogP contribution in [0.5, 0.6) is 0 Å². The molecule has 0 radical (unpaired) electrons. The Labute approximate surface area is 265 Å². The molecule has 3 aromatic heterocycles. The Kier molecular flexibility index (Phi) is 8.65. The SMILES string of the molecule is COC(=O)C(OC(C)(C)C)c1c(C)nc2cc3nn2c1N1CCC(C)(CC1)OCCNCCc1ccncc1-c1cccc-3c1. The van der Waals surface area contributed by atoms with Gasteiger partial charge in [0.25, 0.3) is 0 Å². The van der Waals surface area contributed by atoms with Gasteiger partial charge in [0.1, 0.15) is 5.82 Å². The molecule has 1 saturated heterocycles. The fourth-order valence-corrected chi connectivity index (χ4v) is 6.35. The summed E-state index contributed by atoms with van der Waals surface area (Å²) in [6.07, 6.45) is 5.36. The van der Waals surface area contributed by atoms with Crippen molar-refractivity contribution in [2.24, 2.45) is 0 Å². The van der Waals surface area contributed by atoms with E-state index in [4.69, 9.17) is 24.3 Å². The van der Waals surface area contributed by atoms with E-state index in [2.05, 4.69) is 52.5 Å². The molecular formula is C35H44N6O4. The van der Waals surface area contributed by atoms with E-state index in [0.717, 1.165) is 73.6 Å². The number of nitrogens with one attached hydrogen (secondary N) is 1. The standard InChI is InChI=1S/C35H44N6O4/c1-23-30(31(33(42)43-6)45-34(2,3)4)32-40-17-12-35(5,13-18-40)44-19-16-36-14-10-24-11-15-37-22-27(24)25-8-7-9-26(20-25)28-21-29(38-23)41(32)39-28/h7-9,11,15,20-22,31,36H,10,12-14,16-19H2,1-6H3. The monoisotopic (exact) mass is 612 g/mol. The highest BCUT2D eigenvalue weighted by Crippen LogP contribution is 2.39. The number of aryl methyl sites for hydroxylation is 1. The van der Waals surface area contributed by atoms with Crippen LogP contribution >= 0.6 is 0 Å². The fourth-order valence-electron chi connectivity index (χ4n) is 6.35. The number of hydrogen-bond donors (Lipinski definition) is 1. The van der Waals surface area contributed by atoms with Crippen molar-refractivity contribution in [3.8, 4) is 22.4 Å². The molecule has 10 nitrogen and oxygen atoms in total. The molecule has 3 aliphatic heterocycles. The molecule has 1 aromatic carbocycles. The van der Waals surface area contributed by atoms with E-state index in [1.165, 1.54) is 12.7 Å². The Morgan fingerprint density at radius 3 is 2.64 bits per heavy atom. The van der Waals surface area contributed by atoms with Crippen molar-refractivity contribution in [1.82, 2.24) is 24.9 Å². The number of methoxy groups -OCH3 is 1. The highest BCUT2D eigenvalue weighted by Gasteiger charge is 2.38. The number of fused-ring (bicyclic) bond motifs is 7. The Morgan fingerprint density at radius 1 is 1.11 bits per heavy atom. The lowest BCUT2D eigenvalue weighted by atomic mass is 9.92. The summed E-state index contributed by atoms with van der Waals surface area (Å²) < 4.78 is 20.0. The average molecular weight is 613 g/mol. The molecule has 45 heavy (non-hydrogen) atoms. The minimum Gasteiger partial charge on any atom is -0.467 e. The van der Waals surface area contributed by atoms with Gasteiger partial charge in [-0.15, -0.1) is 0 Å². The summed E-state index contributed by atoms with van der Waals surface area (Å²) in [4.78, 5) is 25.1. The van der Waals surface area contributed by atoms with Crippen LogP contribution in [-0.4, -0.2) is 76.6 Å². The summed E-state index contributed by atoms with van der Waals surface area (Å²) >= 11 is 0. The molecule has 6 heterocycles. The average Bonchev–Trinajstić information content (AvgIpc) is 3.44. The first kappa shape index (κ1) is 31.1. The number of anilines is 1. The molecule has 10 heteroatoms. The molecule has 4 aromatic rings. The Balaban J connectivity index is 1.54. The summed E-state index contributed by atoms with van der Waals surface area (Å²) in [5, 5.41) is 8.71. The van der Waals surface area contributed by atoms with E-state index in [0.29, 0.717) is 23.5 Å². The number of aromatic nitrogens is 4. The molecule has 1 fully saturated rings. The third-order valence-electron chi connectivity index (χ3n) is 8.75. The van der Waals surface area contributed by atoms with Gasteiger partial charge in [-0.2, -0.15) is 9.61 Å². The Morgan fingerprint density at radius 2 is 1.89 bits per heavy atom. The topological polar surface area (TPSA) is 103 Å². The van der Waals surface area contributed by atoms with Crippen LogP contribution in [0.3, 0.4) is 0 Å². The number of ether oxygens (including phenoxy) is 3. The van der Waals surface area contributed by atoms with E-state index in [1.54, 1.807) is 0 Å². The molecule has 238 valence electrons. The van der Waals surface area contributed by atoms with Crippen molar-refractivity contribution < 1.29 is 19.0 Å². The fraction of sp³-hybridized carbons (Fsp3) is 0.486. The number of carbonyl (C=O) groups is 1. The van der Waals surface area contributed by atoms with E-state index in [1.807, 2.05) is 50.7 Å². The van der Waals surface area contributed by atoms with Crippen molar-refractivity contribution in [3.05, 3.63) is 65.6 Å². The third-order valence-corrected chi connectivity index (χ3v) is 8.75.